The summed E-state index contributed by atoms with van der Waals surface area (Å²) in [7, 11) is 1.46. The van der Waals surface area contributed by atoms with Crippen LogP contribution in [-0.4, -0.2) is 282 Å². The monoisotopic (exact) mass is 1860 g/mol. The van der Waals surface area contributed by atoms with E-state index in [0.29, 0.717) is 32.9 Å². The molecule has 0 unspecified atom stereocenters. The summed E-state index contributed by atoms with van der Waals surface area (Å²) in [5, 5.41) is 90.2. The highest BCUT2D eigenvalue weighted by atomic mass is 33.1. The summed E-state index contributed by atoms with van der Waals surface area (Å²) in [4.78, 5) is 269. The summed E-state index contributed by atoms with van der Waals surface area (Å²) < 4.78 is 0. The Kier molecular flexibility index (Phi) is 42.0. The number of H-pyrrole nitrogens is 3. The molecule has 17 amide bonds. The second-order valence-corrected chi connectivity index (χ2v) is 33.8. The highest BCUT2D eigenvalue weighted by Gasteiger charge is 2.41. The number of nitrogens with zero attached hydrogens (tertiary/aromatic N) is 1. The number of benzene rings is 2. The van der Waals surface area contributed by atoms with Crippen molar-refractivity contribution in [2.75, 3.05) is 37.7 Å². The molecular formula is C80H117N27O21S2. The number of carboxylic acids is 1. The number of primary amides is 2. The summed E-state index contributed by atoms with van der Waals surface area (Å²) in [6.45, 7) is 7.57. The number of imidazole rings is 1. The molecule has 0 radical (unpaired) electrons. The van der Waals surface area contributed by atoms with Gasteiger partial charge in [-0.05, 0) is 81.0 Å². The van der Waals surface area contributed by atoms with E-state index in [2.05, 4.69) is 110 Å². The van der Waals surface area contributed by atoms with Crippen molar-refractivity contribution in [2.24, 2.45) is 34.8 Å². The van der Waals surface area contributed by atoms with Crippen molar-refractivity contribution < 1.29 is 102 Å². The Morgan fingerprint density at radius 3 is 1.64 bits per heavy atom. The smallest absolute Gasteiger partial charge is 0.305 e. The zero-order valence-electron chi connectivity index (χ0n) is 72.5. The Bertz CT molecular complexity index is 4860. The number of carboxylic acid groups (broad SMARTS) is 1. The van der Waals surface area contributed by atoms with Crippen LogP contribution in [0.25, 0.3) is 21.8 Å². The topological polar surface area (TPSA) is 784 Å². The second-order valence-electron chi connectivity index (χ2n) is 31.3. The number of amides is 17. The molecule has 1 aliphatic heterocycles. The predicted octanol–water partition coefficient (Wildman–Crippen LogP) is -7.43. The summed E-state index contributed by atoms with van der Waals surface area (Å²) in [6, 6.07) is -10.8. The van der Waals surface area contributed by atoms with E-state index in [9.17, 15) is 82.4 Å². The van der Waals surface area contributed by atoms with Gasteiger partial charge in [0, 0.05) is 103 Å². The number of para-hydroxylation sites is 2. The number of nitrogens with two attached hydrogens (primary N) is 4. The lowest BCUT2D eigenvalue weighted by atomic mass is 9.97. The van der Waals surface area contributed by atoms with Crippen molar-refractivity contribution in [3.05, 3.63) is 90.3 Å². The summed E-state index contributed by atoms with van der Waals surface area (Å²) in [6.07, 6.45) is 0.120. The van der Waals surface area contributed by atoms with Crippen molar-refractivity contribution in [1.82, 2.24) is 110 Å². The van der Waals surface area contributed by atoms with Gasteiger partial charge >= 0.3 is 5.97 Å². The zero-order chi connectivity index (χ0) is 96.2. The number of aliphatic hydroxyl groups is 2. The molecule has 2 aromatic carbocycles. The number of hydrogen-bond acceptors (Lipinski definition) is 25. The molecule has 50 heteroatoms. The fourth-order valence-electron chi connectivity index (χ4n) is 13.4. The average molecular weight is 1860 g/mol. The van der Waals surface area contributed by atoms with E-state index in [0.717, 1.165) is 35.4 Å². The molecule has 130 heavy (non-hydrogen) atoms. The van der Waals surface area contributed by atoms with E-state index in [-0.39, 0.29) is 69.7 Å². The van der Waals surface area contributed by atoms with E-state index in [1.54, 1.807) is 55.5 Å². The molecule has 33 N–H and O–H groups in total. The van der Waals surface area contributed by atoms with Gasteiger partial charge in [-0.25, -0.2) is 4.98 Å². The van der Waals surface area contributed by atoms with Crippen molar-refractivity contribution in [3.8, 4) is 0 Å². The molecule has 1 aliphatic rings. The zero-order valence-corrected chi connectivity index (χ0v) is 74.2. The highest BCUT2D eigenvalue weighted by molar-refractivity contribution is 8.76. The maximum absolute atomic E-state index is 15.4. The third-order valence-corrected chi connectivity index (χ3v) is 23.1. The first kappa shape index (κ1) is 105. The maximum Gasteiger partial charge on any atom is 0.305 e. The van der Waals surface area contributed by atoms with E-state index in [4.69, 9.17) is 33.8 Å². The number of aromatic nitrogens is 4. The number of aliphatic carboxylic acids is 1. The number of guanidine groups is 2. The van der Waals surface area contributed by atoms with Crippen LogP contribution in [0.4, 0.5) is 0 Å². The van der Waals surface area contributed by atoms with Gasteiger partial charge in [-0.3, -0.25) is 97.1 Å². The third-order valence-electron chi connectivity index (χ3n) is 20.7. The summed E-state index contributed by atoms with van der Waals surface area (Å²) >= 11 is 0. The number of fused-ring (bicyclic) bond motifs is 2. The minimum atomic E-state index is -2.11. The largest absolute Gasteiger partial charge is 0.481 e. The van der Waals surface area contributed by atoms with E-state index in [1.165, 1.54) is 52.6 Å². The average Bonchev–Trinajstić information content (AvgIpc) is 1.58. The number of aromatic amines is 3. The van der Waals surface area contributed by atoms with Crippen LogP contribution in [0.1, 0.15) is 117 Å². The van der Waals surface area contributed by atoms with Crippen LogP contribution in [0.3, 0.4) is 0 Å². The summed E-state index contributed by atoms with van der Waals surface area (Å²) in [5.74, 6) is -24.1. The first-order valence-corrected chi connectivity index (χ1v) is 44.1. The predicted molar refractivity (Wildman–Crippen MR) is 474 cm³/mol. The molecule has 710 valence electrons. The van der Waals surface area contributed by atoms with Crippen LogP contribution < -0.4 is 113 Å². The Labute approximate surface area is 753 Å². The van der Waals surface area contributed by atoms with Crippen LogP contribution >= 0.6 is 21.6 Å². The molecule has 0 saturated carbocycles. The number of hydrogen-bond donors (Lipinski definition) is 29. The molecule has 1 fully saturated rings. The Balaban J connectivity index is 1.50. The minimum absolute atomic E-state index is 0.0545. The number of aliphatic hydroxyl groups excluding tert-OH is 2. The second kappa shape index (κ2) is 52.0. The first-order chi connectivity index (χ1) is 61.6. The quantitative estimate of drug-likeness (QED) is 0.00787. The van der Waals surface area contributed by atoms with Crippen molar-refractivity contribution >= 4 is 162 Å². The van der Waals surface area contributed by atoms with Gasteiger partial charge in [0.1, 0.15) is 84.6 Å². The van der Waals surface area contributed by atoms with Crippen LogP contribution in [0.15, 0.2) is 73.4 Å². The Hall–Kier alpha value is -13.7. The van der Waals surface area contributed by atoms with Crippen molar-refractivity contribution in [2.45, 2.75) is 210 Å². The lowest BCUT2D eigenvalue weighted by molar-refractivity contribution is -0.141. The fourth-order valence-corrected chi connectivity index (χ4v) is 15.7. The number of carbonyl (C=O) groups is 18. The molecular weight excluding hydrogens is 1740 g/mol. The Morgan fingerprint density at radius 1 is 0.569 bits per heavy atom. The van der Waals surface area contributed by atoms with E-state index >= 15 is 19.2 Å². The highest BCUT2D eigenvalue weighted by Crippen LogP contribution is 2.26. The Morgan fingerprint density at radius 2 is 1.09 bits per heavy atom. The maximum atomic E-state index is 15.4. The van der Waals surface area contributed by atoms with E-state index in [1.807, 2.05) is 0 Å². The summed E-state index contributed by atoms with van der Waals surface area (Å²) in [5.41, 5.74) is 24.3. The molecule has 3 aromatic heterocycles. The minimum Gasteiger partial charge on any atom is -0.481 e. The first-order valence-electron chi connectivity index (χ1n) is 41.6. The molecule has 48 nitrogen and oxygen atoms in total. The normalized spacial score (nSPS) is 21.6. The molecule has 0 bridgehead atoms. The van der Waals surface area contributed by atoms with Crippen molar-refractivity contribution in [1.29, 1.82) is 10.8 Å². The molecule has 16 atom stereocenters. The third kappa shape index (κ3) is 33.8. The van der Waals surface area contributed by atoms with Crippen molar-refractivity contribution in [3.63, 3.8) is 0 Å². The van der Waals surface area contributed by atoms with Gasteiger partial charge in [-0.1, -0.05) is 92.1 Å². The van der Waals surface area contributed by atoms with E-state index < -0.39 is 265 Å². The standard InChI is InChI=1S/C80H117N27O21S2/c1-8-38(4)63(106-74(124)56(33-108)102-68(118)49(95-41(7)110)19-13-23-88-79(83)84)78(128)104-58-35-130-129-34-57(76(126)107-64(40(6)109)65(82)115)103-69(119)50(20-14-24-89-80(85)86)96-72(122)54(27-44-31-87-36-93-44)98-66(116)39(5)94-60(112)32-92-67(117)52(25-42-29-90-47-17-11-9-15-45(42)47)99-73(123)55(28-61(113)114)100-70(120)51(21-22-59(81)111)97-71(121)53(101-77(127)62(37(2)3)105-75(58)125)26-43-30-91-48-18-12-10-16-46(43)48/h9-12,15-18,29-31,36-40,49-58,62-64,90-91,108-109H,8,13-14,19-28,32-35H2,1-7H3,(H2,81,111)(H2,82,115)(H,87,93)(H,92,117)(H,94,112)(H,95,110)(H,96,122)(H,97,121)(H,98,116)(H,99,123)(H,100,120)(H,101,127)(H,102,118)(H,103,119)(H,104,128)(H,105,125)(H,106,124)(H,107,126)(H,113,114)(H4,83,84,88)(H4,85,86,89)/t38-,39-,40+,49-,50-,51-,52-,53-,54-,55-,56-,57-,58-,62-,63-,64-/m0/s1. The number of rotatable bonds is 34. The lowest BCUT2D eigenvalue weighted by Gasteiger charge is -2.30. The van der Waals surface area contributed by atoms with Gasteiger partial charge in [0.2, 0.25) is 100 Å². The number of carbonyl (C=O) groups excluding carboxylic acids is 17. The molecule has 0 spiro atoms. The van der Waals surface area contributed by atoms with Crippen LogP contribution in [0.2, 0.25) is 0 Å². The van der Waals surface area contributed by atoms with Gasteiger partial charge < -0.3 is 144 Å². The van der Waals surface area contributed by atoms with Crippen LogP contribution in [-0.2, 0) is 106 Å². The SMILES string of the molecule is CC[C@H](C)[C@H](NC(=O)[C@H](CO)NC(=O)[C@H](CCCNC(=N)N)NC(C)=O)C(=O)N[C@H]1CSSC[C@@H](C(=O)N[C@H](C(N)=O)[C@@H](C)O)NC(=O)[C@H](CCCNC(=N)N)NC(=O)[C@H](Cc2cnc[nH]2)NC(=O)[C@H](C)NC(=O)CNC(=O)[C@H](Cc2c[nH]c3ccccc23)NC(=O)[C@H](CC(=O)O)NC(=O)[C@H](CCC(N)=O)NC(=O)[C@H](Cc2c[nH]c3ccccc23)NC(=O)[C@H](C(C)C)NC1=O. The van der Waals surface area contributed by atoms with Gasteiger partial charge in [0.15, 0.2) is 11.9 Å². The fraction of sp³-hybridized carbons (Fsp3) is 0.512. The van der Waals surface area contributed by atoms with Gasteiger partial charge in [0.05, 0.1) is 32.0 Å². The van der Waals surface area contributed by atoms with Gasteiger partial charge in [0.25, 0.3) is 0 Å². The van der Waals surface area contributed by atoms with Crippen LogP contribution in [0, 0.1) is 22.7 Å². The molecule has 4 heterocycles. The molecule has 5 aromatic rings. The molecule has 0 aliphatic carbocycles. The van der Waals surface area contributed by atoms with Gasteiger partial charge in [-0.2, -0.15) is 0 Å². The lowest BCUT2D eigenvalue weighted by Crippen LogP contribution is -2.62. The van der Waals surface area contributed by atoms with Gasteiger partial charge in [-0.15, -0.1) is 0 Å². The molecule has 6 rings (SSSR count). The van der Waals surface area contributed by atoms with Crippen LogP contribution in [0.5, 0.6) is 0 Å². The molecule has 1 saturated heterocycles. The number of nitrogens with one attached hydrogen (secondary N) is 22.